The number of hydrogen-bond donors (Lipinski definition) is 3. The first kappa shape index (κ1) is 17.8. The summed E-state index contributed by atoms with van der Waals surface area (Å²) >= 11 is 0. The summed E-state index contributed by atoms with van der Waals surface area (Å²) in [4.78, 5) is 32.6. The second kappa shape index (κ2) is 6.70. The third-order valence-corrected chi connectivity index (χ3v) is 4.97. The van der Waals surface area contributed by atoms with Gasteiger partial charge >= 0.3 is 5.91 Å². The Balaban J connectivity index is 1.83. The molecule has 3 N–H and O–H groups in total. The van der Waals surface area contributed by atoms with Gasteiger partial charge in [0.1, 0.15) is 0 Å². The summed E-state index contributed by atoms with van der Waals surface area (Å²) in [6.07, 6.45) is 0. The van der Waals surface area contributed by atoms with Crippen molar-refractivity contribution in [3.63, 3.8) is 0 Å². The van der Waals surface area contributed by atoms with Crippen LogP contribution < -0.4 is 15.8 Å². The highest BCUT2D eigenvalue weighted by molar-refractivity contribution is 7.89. The number of aromatic amines is 1. The molecule has 0 saturated carbocycles. The van der Waals surface area contributed by atoms with Crippen molar-refractivity contribution in [1.29, 1.82) is 0 Å². The molecule has 1 amide bonds. The van der Waals surface area contributed by atoms with Gasteiger partial charge in [-0.2, -0.15) is 0 Å². The number of aryl methyl sites for hydroxylation is 2. The number of hydrazine groups is 1. The summed E-state index contributed by atoms with van der Waals surface area (Å²) in [5, 5.41) is 0.340. The van der Waals surface area contributed by atoms with Gasteiger partial charge in [0.25, 0.3) is 15.6 Å². The number of carbonyl (C=O) groups excluding carboxylic acids is 1. The average molecular weight is 372 g/mol. The van der Waals surface area contributed by atoms with Crippen molar-refractivity contribution in [1.82, 2.24) is 20.2 Å². The van der Waals surface area contributed by atoms with Crippen LogP contribution in [0, 0.1) is 13.8 Å². The smallest absolute Gasteiger partial charge is 0.302 e. The molecule has 0 saturated heterocycles. The lowest BCUT2D eigenvalue weighted by Crippen LogP contribution is -2.42. The minimum absolute atomic E-state index is 0.000936. The van der Waals surface area contributed by atoms with Crippen LogP contribution in [0.4, 0.5) is 0 Å². The largest absolute Gasteiger partial charge is 0.302 e. The van der Waals surface area contributed by atoms with Crippen molar-refractivity contribution < 1.29 is 13.2 Å². The van der Waals surface area contributed by atoms with Gasteiger partial charge in [0.05, 0.1) is 15.8 Å². The lowest BCUT2D eigenvalue weighted by Gasteiger charge is -2.09. The zero-order valence-corrected chi connectivity index (χ0v) is 14.8. The first-order chi connectivity index (χ1) is 12.3. The fourth-order valence-corrected chi connectivity index (χ4v) is 3.15. The Hall–Kier alpha value is -3.04. The summed E-state index contributed by atoms with van der Waals surface area (Å²) in [5.74, 6) is -1.17. The van der Waals surface area contributed by atoms with E-state index in [0.717, 1.165) is 11.1 Å². The zero-order valence-electron chi connectivity index (χ0n) is 14.0. The van der Waals surface area contributed by atoms with Gasteiger partial charge in [0.15, 0.2) is 0 Å². The van der Waals surface area contributed by atoms with E-state index in [9.17, 15) is 18.0 Å². The highest BCUT2D eigenvalue weighted by atomic mass is 32.2. The molecule has 0 aliphatic heterocycles. The highest BCUT2D eigenvalue weighted by Crippen LogP contribution is 2.10. The first-order valence-electron chi connectivity index (χ1n) is 7.66. The predicted octanol–water partition coefficient (Wildman–Crippen LogP) is 1.16. The highest BCUT2D eigenvalue weighted by Gasteiger charge is 2.17. The molecule has 0 spiro atoms. The molecule has 3 aromatic rings. The number of rotatable bonds is 4. The molecule has 0 radical (unpaired) electrons. The molecule has 0 bridgehead atoms. The normalized spacial score (nSPS) is 11.5. The van der Waals surface area contributed by atoms with Crippen molar-refractivity contribution in [3.8, 4) is 0 Å². The molecular formula is C17H16N4O4S. The lowest BCUT2D eigenvalue weighted by atomic mass is 10.2. The van der Waals surface area contributed by atoms with E-state index in [1.807, 2.05) is 24.1 Å². The lowest BCUT2D eigenvalue weighted by molar-refractivity contribution is 0.0934. The van der Waals surface area contributed by atoms with Crippen molar-refractivity contribution >= 4 is 26.8 Å². The molecule has 2 aromatic carbocycles. The molecule has 0 aliphatic rings. The Bertz CT molecular complexity index is 1150. The topological polar surface area (TPSA) is 121 Å². The SMILES string of the molecule is Cc1ccc(S(=O)(=O)NNC(=O)c2nc3cc(C)ccc3c(=O)[nH]2)cc1. The van der Waals surface area contributed by atoms with Gasteiger partial charge in [-0.15, -0.1) is 4.83 Å². The molecule has 0 unspecified atom stereocenters. The van der Waals surface area contributed by atoms with Gasteiger partial charge < -0.3 is 4.98 Å². The summed E-state index contributed by atoms with van der Waals surface area (Å²) in [7, 11) is -3.94. The number of sulfonamides is 1. The molecule has 9 heteroatoms. The Morgan fingerprint density at radius 3 is 2.38 bits per heavy atom. The minimum atomic E-state index is -3.94. The number of benzene rings is 2. The van der Waals surface area contributed by atoms with Crippen LogP contribution in [0.25, 0.3) is 10.9 Å². The summed E-state index contributed by atoms with van der Waals surface area (Å²) in [6, 6.07) is 11.2. The van der Waals surface area contributed by atoms with Gasteiger partial charge in [0.2, 0.25) is 5.82 Å². The van der Waals surface area contributed by atoms with Crippen molar-refractivity contribution in [2.75, 3.05) is 0 Å². The van der Waals surface area contributed by atoms with Crippen LogP contribution in [-0.4, -0.2) is 24.3 Å². The Labute approximate surface area is 149 Å². The number of aromatic nitrogens is 2. The van der Waals surface area contributed by atoms with Crippen LogP contribution in [0.1, 0.15) is 21.7 Å². The third-order valence-electron chi connectivity index (χ3n) is 3.71. The monoisotopic (exact) mass is 372 g/mol. The Kier molecular flexibility index (Phi) is 4.58. The van der Waals surface area contributed by atoms with Gasteiger partial charge in [0, 0.05) is 0 Å². The van der Waals surface area contributed by atoms with Crippen LogP contribution in [0.15, 0.2) is 52.2 Å². The molecule has 1 aromatic heterocycles. The first-order valence-corrected chi connectivity index (χ1v) is 9.14. The van der Waals surface area contributed by atoms with E-state index < -0.39 is 21.5 Å². The second-order valence-corrected chi connectivity index (χ2v) is 7.49. The Morgan fingerprint density at radius 1 is 1.04 bits per heavy atom. The number of fused-ring (bicyclic) bond motifs is 1. The summed E-state index contributed by atoms with van der Waals surface area (Å²) < 4.78 is 24.4. The average Bonchev–Trinajstić information content (AvgIpc) is 2.59. The molecule has 0 aliphatic carbocycles. The maximum Gasteiger partial charge on any atom is 0.302 e. The fourth-order valence-electron chi connectivity index (χ4n) is 2.31. The van der Waals surface area contributed by atoms with Crippen LogP contribution >= 0.6 is 0 Å². The van der Waals surface area contributed by atoms with E-state index in [1.165, 1.54) is 12.1 Å². The summed E-state index contributed by atoms with van der Waals surface area (Å²) in [5.41, 5.74) is 3.69. The molecule has 3 rings (SSSR count). The molecule has 8 nitrogen and oxygen atoms in total. The van der Waals surface area contributed by atoms with Gasteiger partial charge in [-0.25, -0.2) is 13.4 Å². The maximum atomic E-state index is 12.2. The van der Waals surface area contributed by atoms with Gasteiger partial charge in [-0.3, -0.25) is 15.0 Å². The number of amides is 1. The zero-order chi connectivity index (χ0) is 18.9. The number of carbonyl (C=O) groups is 1. The minimum Gasteiger partial charge on any atom is -0.302 e. The number of nitrogens with one attached hydrogen (secondary N) is 3. The van der Waals surface area contributed by atoms with Gasteiger partial charge in [-0.1, -0.05) is 23.8 Å². The molecule has 0 fully saturated rings. The number of nitrogens with zero attached hydrogens (tertiary/aromatic N) is 1. The van der Waals surface area contributed by atoms with Crippen LogP contribution in [0.5, 0.6) is 0 Å². The predicted molar refractivity (Wildman–Crippen MR) is 96.1 cm³/mol. The van der Waals surface area contributed by atoms with Crippen LogP contribution in [-0.2, 0) is 10.0 Å². The second-order valence-electron chi connectivity index (χ2n) is 5.81. The third kappa shape index (κ3) is 3.63. The van der Waals surface area contributed by atoms with Crippen LogP contribution in [0.3, 0.4) is 0 Å². The van der Waals surface area contributed by atoms with E-state index >= 15 is 0 Å². The molecule has 26 heavy (non-hydrogen) atoms. The molecule has 134 valence electrons. The standard InChI is InChI=1S/C17H16N4O4S/c1-10-3-6-12(7-4-10)26(24,25)21-20-17(23)15-18-14-9-11(2)5-8-13(14)16(22)19-15/h3-9,21H,1-2H3,(H,20,23)(H,18,19,22). The van der Waals surface area contributed by atoms with Gasteiger partial charge in [-0.05, 0) is 43.7 Å². The van der Waals surface area contributed by atoms with E-state index in [-0.39, 0.29) is 10.7 Å². The molecule has 0 atom stereocenters. The van der Waals surface area contributed by atoms with Crippen molar-refractivity contribution in [2.45, 2.75) is 18.7 Å². The fraction of sp³-hybridized carbons (Fsp3) is 0.118. The van der Waals surface area contributed by atoms with Crippen molar-refractivity contribution in [2.24, 2.45) is 0 Å². The maximum absolute atomic E-state index is 12.2. The van der Waals surface area contributed by atoms with E-state index in [1.54, 1.807) is 30.3 Å². The Morgan fingerprint density at radius 2 is 1.69 bits per heavy atom. The van der Waals surface area contributed by atoms with Crippen molar-refractivity contribution in [3.05, 3.63) is 69.8 Å². The molecular weight excluding hydrogens is 356 g/mol. The number of hydrogen-bond acceptors (Lipinski definition) is 5. The number of H-pyrrole nitrogens is 1. The molecule has 1 heterocycles. The van der Waals surface area contributed by atoms with E-state index in [2.05, 4.69) is 9.97 Å². The van der Waals surface area contributed by atoms with Crippen LogP contribution in [0.2, 0.25) is 0 Å². The van der Waals surface area contributed by atoms with E-state index in [0.29, 0.717) is 10.9 Å². The van der Waals surface area contributed by atoms with E-state index in [4.69, 9.17) is 0 Å². The summed E-state index contributed by atoms with van der Waals surface area (Å²) in [6.45, 7) is 3.66. The quantitative estimate of drug-likeness (QED) is 0.594.